The van der Waals surface area contributed by atoms with Gasteiger partial charge in [-0.25, -0.2) is 17.2 Å². The minimum atomic E-state index is -3.61. The Morgan fingerprint density at radius 1 is 1.02 bits per heavy atom. The molecule has 12 heteroatoms. The van der Waals surface area contributed by atoms with Gasteiger partial charge in [-0.3, -0.25) is 14.3 Å². The second-order valence-electron chi connectivity index (χ2n) is 11.2. The Morgan fingerprint density at radius 2 is 1.74 bits per heavy atom. The third-order valence-corrected chi connectivity index (χ3v) is 9.51. The minimum Gasteiger partial charge on any atom is -0.454 e. The number of likely N-dealkylation sites (tertiary alicyclic amines) is 1. The average Bonchev–Trinajstić information content (AvgIpc) is 3.77. The highest BCUT2D eigenvalue weighted by atomic mass is 32.2. The van der Waals surface area contributed by atoms with Crippen molar-refractivity contribution in [2.45, 2.75) is 38.5 Å². The van der Waals surface area contributed by atoms with Gasteiger partial charge in [-0.1, -0.05) is 0 Å². The number of ether oxygens (including phenoxy) is 1. The van der Waals surface area contributed by atoms with E-state index < -0.39 is 21.7 Å². The number of nitrogens with zero attached hydrogens (tertiary/aromatic N) is 2. The summed E-state index contributed by atoms with van der Waals surface area (Å²) < 4.78 is 63.0. The number of aryl methyl sites for hydroxylation is 1. The van der Waals surface area contributed by atoms with Gasteiger partial charge in [0.1, 0.15) is 17.1 Å². The molecular formula is C31H32F2N4O5S. The molecule has 1 aliphatic heterocycles. The molecule has 0 bridgehead atoms. The number of carbonyl (C=O) groups excluding carboxylic acids is 1. The molecule has 3 heterocycles. The Hall–Kier alpha value is -4.19. The summed E-state index contributed by atoms with van der Waals surface area (Å²) in [5.74, 6) is -1.39. The van der Waals surface area contributed by atoms with E-state index in [1.54, 1.807) is 23.9 Å². The van der Waals surface area contributed by atoms with Crippen molar-refractivity contribution >= 4 is 32.5 Å². The summed E-state index contributed by atoms with van der Waals surface area (Å²) in [6.45, 7) is 2.77. The van der Waals surface area contributed by atoms with Gasteiger partial charge in [0, 0.05) is 72.1 Å². The van der Waals surface area contributed by atoms with E-state index in [0.29, 0.717) is 54.0 Å². The van der Waals surface area contributed by atoms with Crippen LogP contribution in [0.3, 0.4) is 0 Å². The summed E-state index contributed by atoms with van der Waals surface area (Å²) in [5, 5.41) is 0.609. The highest BCUT2D eigenvalue weighted by Crippen LogP contribution is 2.41. The molecule has 1 amide bonds. The minimum absolute atomic E-state index is 0.0418. The fourth-order valence-corrected chi connectivity index (χ4v) is 6.34. The van der Waals surface area contributed by atoms with E-state index in [1.807, 2.05) is 11.0 Å². The second-order valence-corrected chi connectivity index (χ2v) is 13.2. The Balaban J connectivity index is 1.42. The van der Waals surface area contributed by atoms with Crippen LogP contribution < -0.4 is 15.0 Å². The molecule has 2 aromatic heterocycles. The highest BCUT2D eigenvalue weighted by Gasteiger charge is 2.35. The molecule has 9 nitrogen and oxygen atoms in total. The van der Waals surface area contributed by atoms with Crippen LogP contribution in [-0.4, -0.2) is 47.6 Å². The summed E-state index contributed by atoms with van der Waals surface area (Å²) in [4.78, 5) is 30.9. The van der Waals surface area contributed by atoms with Gasteiger partial charge in [-0.05, 0) is 69.0 Å². The number of aromatic nitrogens is 2. The topological polar surface area (TPSA) is 114 Å². The lowest BCUT2D eigenvalue weighted by Crippen LogP contribution is -2.39. The lowest BCUT2D eigenvalue weighted by molar-refractivity contribution is -0.133. The molecule has 1 saturated heterocycles. The van der Waals surface area contributed by atoms with Crippen LogP contribution in [0.1, 0.15) is 44.2 Å². The number of sulfonamides is 1. The van der Waals surface area contributed by atoms with Crippen molar-refractivity contribution in [2.24, 2.45) is 13.0 Å². The molecule has 226 valence electrons. The molecule has 0 atom stereocenters. The second kappa shape index (κ2) is 11.1. The quantitative estimate of drug-likeness (QED) is 0.274. The predicted molar refractivity (Wildman–Crippen MR) is 160 cm³/mol. The predicted octanol–water partition coefficient (Wildman–Crippen LogP) is 5.48. The average molecular weight is 611 g/mol. The maximum absolute atomic E-state index is 14.6. The maximum atomic E-state index is 14.6. The molecule has 6 rings (SSSR count). The standard InChI is InChI=1S/C31H32F2N4O5S/c1-3-43(40,41)35-21-7-9-27(42-28-8-6-20(32)14-25(28)33)22(15-21)24-17-36(2)29-23(24)16-26(34-30(29)38)18-10-12-37(13-11-18)31(39)19-4-5-19/h6-9,14-19,35H,3-5,10-13H2,1-2H3,(H,34,38). The molecule has 0 spiro atoms. The number of hydrogen-bond donors (Lipinski definition) is 2. The zero-order valence-corrected chi connectivity index (χ0v) is 24.6. The van der Waals surface area contributed by atoms with Gasteiger partial charge in [-0.15, -0.1) is 0 Å². The number of hydrogen-bond acceptors (Lipinski definition) is 5. The number of fused-ring (bicyclic) bond motifs is 1. The lowest BCUT2D eigenvalue weighted by atomic mass is 9.91. The van der Waals surface area contributed by atoms with Crippen LogP contribution in [0.4, 0.5) is 14.5 Å². The number of pyridine rings is 1. The van der Waals surface area contributed by atoms with Crippen molar-refractivity contribution in [1.29, 1.82) is 0 Å². The third kappa shape index (κ3) is 5.88. The van der Waals surface area contributed by atoms with Gasteiger partial charge in [-0.2, -0.15) is 0 Å². The molecule has 2 fully saturated rings. The first-order valence-corrected chi connectivity index (χ1v) is 16.0. The number of nitrogens with one attached hydrogen (secondary N) is 2. The van der Waals surface area contributed by atoms with Gasteiger partial charge >= 0.3 is 0 Å². The molecule has 0 unspecified atom stereocenters. The zero-order valence-electron chi connectivity index (χ0n) is 23.8. The van der Waals surface area contributed by atoms with Crippen LogP contribution in [0, 0.1) is 17.6 Å². The number of piperidine rings is 1. The number of halogens is 2. The Bertz CT molecular complexity index is 1890. The van der Waals surface area contributed by atoms with E-state index in [9.17, 15) is 26.8 Å². The van der Waals surface area contributed by atoms with Gasteiger partial charge in [0.05, 0.1) is 5.75 Å². The molecule has 1 aliphatic carbocycles. The van der Waals surface area contributed by atoms with Gasteiger partial charge < -0.3 is 19.2 Å². The Kier molecular flexibility index (Phi) is 7.49. The van der Waals surface area contributed by atoms with Crippen LogP contribution >= 0.6 is 0 Å². The van der Waals surface area contributed by atoms with Crippen LogP contribution in [-0.2, 0) is 21.9 Å². The van der Waals surface area contributed by atoms with Crippen LogP contribution in [0.15, 0.2) is 53.5 Å². The van der Waals surface area contributed by atoms with Crippen LogP contribution in [0.5, 0.6) is 11.5 Å². The normalized spacial score (nSPS) is 16.0. The van der Waals surface area contributed by atoms with E-state index in [-0.39, 0.29) is 46.2 Å². The number of aromatic amines is 1. The first-order valence-electron chi connectivity index (χ1n) is 14.3. The van der Waals surface area contributed by atoms with Crippen molar-refractivity contribution < 1.29 is 26.7 Å². The van der Waals surface area contributed by atoms with Crippen molar-refractivity contribution in [1.82, 2.24) is 14.5 Å². The number of H-pyrrole nitrogens is 1. The lowest BCUT2D eigenvalue weighted by Gasteiger charge is -2.32. The van der Waals surface area contributed by atoms with E-state index in [4.69, 9.17) is 4.74 Å². The smallest absolute Gasteiger partial charge is 0.272 e. The van der Waals surface area contributed by atoms with E-state index in [2.05, 4.69) is 9.71 Å². The maximum Gasteiger partial charge on any atom is 0.272 e. The van der Waals surface area contributed by atoms with E-state index >= 15 is 0 Å². The van der Waals surface area contributed by atoms with Crippen LogP contribution in [0.2, 0.25) is 0 Å². The molecule has 2 N–H and O–H groups in total. The summed E-state index contributed by atoms with van der Waals surface area (Å²) >= 11 is 0. The summed E-state index contributed by atoms with van der Waals surface area (Å²) in [7, 11) is -1.88. The molecular weight excluding hydrogens is 578 g/mol. The number of anilines is 1. The molecule has 2 aromatic carbocycles. The Morgan fingerprint density at radius 3 is 2.42 bits per heavy atom. The van der Waals surface area contributed by atoms with Crippen molar-refractivity contribution in [3.05, 3.63) is 76.3 Å². The number of benzene rings is 2. The van der Waals surface area contributed by atoms with Crippen molar-refractivity contribution in [3.63, 3.8) is 0 Å². The molecule has 43 heavy (non-hydrogen) atoms. The fourth-order valence-electron chi connectivity index (χ4n) is 5.71. The van der Waals surface area contributed by atoms with Gasteiger partial charge in [0.15, 0.2) is 11.6 Å². The zero-order chi connectivity index (χ0) is 30.5. The number of carbonyl (C=O) groups is 1. The van der Waals surface area contributed by atoms with E-state index in [0.717, 1.165) is 24.6 Å². The van der Waals surface area contributed by atoms with Gasteiger partial charge in [0.2, 0.25) is 15.9 Å². The molecule has 0 radical (unpaired) electrons. The summed E-state index contributed by atoms with van der Waals surface area (Å²) in [6.07, 6.45) is 5.09. The summed E-state index contributed by atoms with van der Waals surface area (Å²) in [5.41, 5.74) is 2.11. The number of amides is 1. The largest absolute Gasteiger partial charge is 0.454 e. The SMILES string of the molecule is CCS(=O)(=O)Nc1ccc(Oc2ccc(F)cc2F)c(-c2cn(C)c3c(=O)[nH]c(C4CCN(C(=O)C5CC5)CC4)cc23)c1. The summed E-state index contributed by atoms with van der Waals surface area (Å²) in [6, 6.07) is 9.45. The first-order chi connectivity index (χ1) is 20.5. The molecule has 1 saturated carbocycles. The van der Waals surface area contributed by atoms with E-state index in [1.165, 1.54) is 25.1 Å². The van der Waals surface area contributed by atoms with Crippen molar-refractivity contribution in [3.8, 4) is 22.6 Å². The van der Waals surface area contributed by atoms with Crippen molar-refractivity contribution in [2.75, 3.05) is 23.6 Å². The first kappa shape index (κ1) is 28.9. The fraction of sp³-hybridized carbons (Fsp3) is 0.355. The third-order valence-electron chi connectivity index (χ3n) is 8.20. The number of rotatable bonds is 8. The van der Waals surface area contributed by atoms with Gasteiger partial charge in [0.25, 0.3) is 5.56 Å². The highest BCUT2D eigenvalue weighted by molar-refractivity contribution is 7.92. The monoisotopic (exact) mass is 610 g/mol. The van der Waals surface area contributed by atoms with Crippen LogP contribution in [0.25, 0.3) is 22.0 Å². The molecule has 4 aromatic rings. The Labute approximate surface area is 247 Å². The molecule has 2 aliphatic rings.